The van der Waals surface area contributed by atoms with Gasteiger partial charge in [0.1, 0.15) is 0 Å². The number of likely N-dealkylation sites (tertiary alicyclic amines) is 2. The number of hydrogen-bond donors (Lipinski definition) is 2. The molecule has 4 rings (SSSR count). The van der Waals surface area contributed by atoms with E-state index in [-0.39, 0.29) is 16.9 Å². The van der Waals surface area contributed by atoms with Crippen LogP contribution in [0.3, 0.4) is 0 Å². The number of piperidine rings is 2. The molecule has 148 valence electrons. The lowest BCUT2D eigenvalue weighted by atomic mass is 9.73. The molecule has 1 unspecified atom stereocenters. The van der Waals surface area contributed by atoms with Crippen molar-refractivity contribution in [3.63, 3.8) is 0 Å². The van der Waals surface area contributed by atoms with Gasteiger partial charge in [0, 0.05) is 49.4 Å². The van der Waals surface area contributed by atoms with Gasteiger partial charge in [-0.2, -0.15) is 0 Å². The Morgan fingerprint density at radius 2 is 1.96 bits per heavy atom. The molecule has 2 aliphatic heterocycles. The minimum atomic E-state index is -0.473. The second-order valence-corrected chi connectivity index (χ2v) is 8.00. The van der Waals surface area contributed by atoms with E-state index in [1.165, 1.54) is 6.07 Å². The monoisotopic (exact) mass is 383 g/mol. The molecular formula is C20H25N5O3. The van der Waals surface area contributed by atoms with Crippen molar-refractivity contribution in [2.45, 2.75) is 38.8 Å². The zero-order valence-electron chi connectivity index (χ0n) is 15.8. The number of H-pyrrole nitrogens is 2. The molecular weight excluding hydrogens is 358 g/mol. The third kappa shape index (κ3) is 4.22. The Labute approximate surface area is 162 Å². The standard InChI is InChI=1S/C20H25N5O3/c26-17-10-16(22-19(28)23-17)11-24-9-3-6-20(13-24)7-5-18(27)25(14-20)12-15-4-1-2-8-21-15/h1-2,4,8,10H,3,5-7,9,11-14H2,(H2,22,23,26,28). The molecule has 0 radical (unpaired) electrons. The number of nitrogens with zero attached hydrogens (tertiary/aromatic N) is 3. The molecule has 2 saturated heterocycles. The smallest absolute Gasteiger partial charge is 0.325 e. The summed E-state index contributed by atoms with van der Waals surface area (Å²) < 4.78 is 0. The zero-order valence-corrected chi connectivity index (χ0v) is 15.8. The molecule has 8 nitrogen and oxygen atoms in total. The van der Waals surface area contributed by atoms with Crippen molar-refractivity contribution in [2.24, 2.45) is 5.41 Å². The van der Waals surface area contributed by atoms with Gasteiger partial charge < -0.3 is 9.88 Å². The lowest BCUT2D eigenvalue weighted by Crippen LogP contribution is -2.53. The molecule has 0 aliphatic carbocycles. The predicted molar refractivity (Wildman–Crippen MR) is 104 cm³/mol. The molecule has 1 atom stereocenters. The molecule has 2 aromatic heterocycles. The molecule has 28 heavy (non-hydrogen) atoms. The second kappa shape index (κ2) is 7.71. The molecule has 1 spiro atoms. The normalized spacial score (nSPS) is 23.3. The Balaban J connectivity index is 1.46. The molecule has 2 N–H and O–H groups in total. The number of carbonyl (C=O) groups is 1. The Bertz CT molecular complexity index is 926. The van der Waals surface area contributed by atoms with Gasteiger partial charge in [-0.25, -0.2) is 4.79 Å². The van der Waals surface area contributed by atoms with Crippen molar-refractivity contribution in [2.75, 3.05) is 19.6 Å². The lowest BCUT2D eigenvalue weighted by molar-refractivity contribution is -0.140. The first-order chi connectivity index (χ1) is 13.5. The highest BCUT2D eigenvalue weighted by Crippen LogP contribution is 2.39. The summed E-state index contributed by atoms with van der Waals surface area (Å²) in [5.74, 6) is 0.187. The van der Waals surface area contributed by atoms with Crippen LogP contribution in [0.5, 0.6) is 0 Å². The first kappa shape index (κ1) is 18.6. The minimum absolute atomic E-state index is 0.0580. The second-order valence-electron chi connectivity index (χ2n) is 8.00. The van der Waals surface area contributed by atoms with Crippen LogP contribution in [-0.4, -0.2) is 50.3 Å². The number of rotatable bonds is 4. The van der Waals surface area contributed by atoms with Crippen LogP contribution in [0.25, 0.3) is 0 Å². The topological polar surface area (TPSA) is 102 Å². The summed E-state index contributed by atoms with van der Waals surface area (Å²) in [5, 5.41) is 0. The van der Waals surface area contributed by atoms with Crippen LogP contribution in [0.2, 0.25) is 0 Å². The fraction of sp³-hybridized carbons (Fsp3) is 0.500. The average Bonchev–Trinajstić information content (AvgIpc) is 2.65. The molecule has 4 heterocycles. The number of amides is 1. The van der Waals surface area contributed by atoms with E-state index >= 15 is 0 Å². The molecule has 0 aromatic carbocycles. The Morgan fingerprint density at radius 1 is 1.07 bits per heavy atom. The maximum atomic E-state index is 12.5. The number of aromatic nitrogens is 3. The SMILES string of the molecule is O=C1CCC2(CCCN(Cc3cc(=O)[nH]c(=O)[nH]3)C2)CN1Cc1ccccn1. The van der Waals surface area contributed by atoms with E-state index in [9.17, 15) is 14.4 Å². The third-order valence-corrected chi connectivity index (χ3v) is 5.78. The van der Waals surface area contributed by atoms with Gasteiger partial charge in [0.05, 0.1) is 12.2 Å². The van der Waals surface area contributed by atoms with Gasteiger partial charge in [0.15, 0.2) is 0 Å². The van der Waals surface area contributed by atoms with Gasteiger partial charge in [-0.1, -0.05) is 6.07 Å². The number of hydrogen-bond acceptors (Lipinski definition) is 5. The number of pyridine rings is 1. The predicted octanol–water partition coefficient (Wildman–Crippen LogP) is 0.863. The highest BCUT2D eigenvalue weighted by molar-refractivity contribution is 5.77. The number of aromatic amines is 2. The van der Waals surface area contributed by atoms with Crippen molar-refractivity contribution in [1.29, 1.82) is 0 Å². The van der Waals surface area contributed by atoms with Crippen molar-refractivity contribution < 1.29 is 4.79 Å². The summed E-state index contributed by atoms with van der Waals surface area (Å²) in [6, 6.07) is 7.21. The maximum absolute atomic E-state index is 12.5. The van der Waals surface area contributed by atoms with Crippen molar-refractivity contribution in [3.05, 3.63) is 62.7 Å². The van der Waals surface area contributed by atoms with E-state index in [1.807, 2.05) is 23.1 Å². The molecule has 2 fully saturated rings. The fourth-order valence-electron chi connectivity index (χ4n) is 4.56. The van der Waals surface area contributed by atoms with E-state index in [0.717, 1.165) is 44.6 Å². The molecule has 8 heteroatoms. The van der Waals surface area contributed by atoms with Crippen LogP contribution in [0, 0.1) is 5.41 Å². The minimum Gasteiger partial charge on any atom is -0.336 e. The van der Waals surface area contributed by atoms with Crippen LogP contribution in [0.1, 0.15) is 37.1 Å². The highest BCUT2D eigenvalue weighted by Gasteiger charge is 2.41. The Morgan fingerprint density at radius 3 is 2.75 bits per heavy atom. The van der Waals surface area contributed by atoms with Crippen molar-refractivity contribution in [1.82, 2.24) is 24.8 Å². The van der Waals surface area contributed by atoms with Crippen molar-refractivity contribution in [3.8, 4) is 0 Å². The zero-order chi connectivity index (χ0) is 19.6. The molecule has 1 amide bonds. The van der Waals surface area contributed by atoms with E-state index in [4.69, 9.17) is 0 Å². The number of carbonyl (C=O) groups excluding carboxylic acids is 1. The largest absolute Gasteiger partial charge is 0.336 e. The molecule has 0 bridgehead atoms. The van der Waals surface area contributed by atoms with Crippen LogP contribution in [0.4, 0.5) is 0 Å². The van der Waals surface area contributed by atoms with E-state index < -0.39 is 5.69 Å². The van der Waals surface area contributed by atoms with Gasteiger partial charge in [-0.15, -0.1) is 0 Å². The van der Waals surface area contributed by atoms with Crippen molar-refractivity contribution >= 4 is 5.91 Å². The summed E-state index contributed by atoms with van der Waals surface area (Å²) in [6.07, 6.45) is 5.32. The van der Waals surface area contributed by atoms with Crippen LogP contribution >= 0.6 is 0 Å². The molecule has 2 aromatic rings. The average molecular weight is 383 g/mol. The van der Waals surface area contributed by atoms with Gasteiger partial charge in [0.2, 0.25) is 5.91 Å². The quantitative estimate of drug-likeness (QED) is 0.815. The van der Waals surface area contributed by atoms with Crippen LogP contribution in [-0.2, 0) is 17.9 Å². The van der Waals surface area contributed by atoms with E-state index in [2.05, 4.69) is 19.9 Å². The van der Waals surface area contributed by atoms with Crippen LogP contribution < -0.4 is 11.2 Å². The van der Waals surface area contributed by atoms with Gasteiger partial charge in [0.25, 0.3) is 5.56 Å². The Kier molecular flexibility index (Phi) is 5.13. The summed E-state index contributed by atoms with van der Waals surface area (Å²) >= 11 is 0. The summed E-state index contributed by atoms with van der Waals surface area (Å²) in [4.78, 5) is 49.0. The fourth-order valence-corrected chi connectivity index (χ4v) is 4.56. The Hall–Kier alpha value is -2.74. The third-order valence-electron chi connectivity index (χ3n) is 5.78. The first-order valence-electron chi connectivity index (χ1n) is 9.74. The number of nitrogens with one attached hydrogen (secondary N) is 2. The lowest BCUT2D eigenvalue weighted by Gasteiger charge is -2.48. The van der Waals surface area contributed by atoms with E-state index in [0.29, 0.717) is 25.2 Å². The van der Waals surface area contributed by atoms with E-state index in [1.54, 1.807) is 6.20 Å². The summed E-state index contributed by atoms with van der Waals surface area (Å²) in [5.41, 5.74) is 0.738. The molecule has 0 saturated carbocycles. The molecule has 2 aliphatic rings. The van der Waals surface area contributed by atoms with Gasteiger partial charge in [-0.3, -0.25) is 24.5 Å². The maximum Gasteiger partial charge on any atom is 0.325 e. The van der Waals surface area contributed by atoms with Gasteiger partial charge >= 0.3 is 5.69 Å². The van der Waals surface area contributed by atoms with Crippen LogP contribution in [0.15, 0.2) is 40.1 Å². The summed E-state index contributed by atoms with van der Waals surface area (Å²) in [7, 11) is 0. The first-order valence-corrected chi connectivity index (χ1v) is 9.74. The highest BCUT2D eigenvalue weighted by atomic mass is 16.2. The van der Waals surface area contributed by atoms with Gasteiger partial charge in [-0.05, 0) is 37.9 Å². The summed E-state index contributed by atoms with van der Waals surface area (Å²) in [6.45, 7) is 3.58.